The summed E-state index contributed by atoms with van der Waals surface area (Å²) in [5.74, 6) is -0.788. The van der Waals surface area contributed by atoms with Crippen molar-refractivity contribution in [1.82, 2.24) is 19.3 Å². The molecule has 2 unspecified atom stereocenters. The molecule has 1 aliphatic carbocycles. The number of β-lactam (4-membered cyclic amide) rings is 1. The predicted octanol–water partition coefficient (Wildman–Crippen LogP) is 1.98. The van der Waals surface area contributed by atoms with Gasteiger partial charge in [0.05, 0.1) is 17.4 Å². The molecule has 2 aromatic heterocycles. The number of carbonyl (C=O) groups excluding carboxylic acids is 1. The summed E-state index contributed by atoms with van der Waals surface area (Å²) in [5.41, 5.74) is 3.46. The number of carbonyl (C=O) groups is 2. The van der Waals surface area contributed by atoms with Crippen LogP contribution < -0.4 is 0 Å². The van der Waals surface area contributed by atoms with Crippen molar-refractivity contribution in [2.75, 3.05) is 6.61 Å². The molecule has 0 bridgehead atoms. The topological polar surface area (TPSA) is 97.0 Å². The van der Waals surface area contributed by atoms with Crippen molar-refractivity contribution in [3.63, 3.8) is 0 Å². The van der Waals surface area contributed by atoms with E-state index in [2.05, 4.69) is 9.97 Å². The maximum Gasteiger partial charge on any atom is 0.353 e. The molecule has 0 spiro atoms. The van der Waals surface area contributed by atoms with E-state index in [1.807, 2.05) is 23.7 Å². The summed E-state index contributed by atoms with van der Waals surface area (Å²) >= 11 is 1.32. The molecule has 1 amide bonds. The molecule has 1 N–H and O–H groups in total. The van der Waals surface area contributed by atoms with Gasteiger partial charge in [0.15, 0.2) is 0 Å². The number of imidazole rings is 1. The Morgan fingerprint density at radius 2 is 2.37 bits per heavy atom. The highest BCUT2D eigenvalue weighted by molar-refractivity contribution is 8.03. The number of carboxylic acids is 1. The molecular weight excluding hydrogens is 368 g/mol. The smallest absolute Gasteiger partial charge is 0.353 e. The SMILES string of the molecule is CCOC1CCc2c1cnc1nc(C=C3C(=O)N4C(C(=O)O)=CSC34)cn21. The van der Waals surface area contributed by atoms with Gasteiger partial charge >= 0.3 is 5.97 Å². The zero-order chi connectivity index (χ0) is 18.7. The Morgan fingerprint density at radius 3 is 3.15 bits per heavy atom. The Labute approximate surface area is 158 Å². The van der Waals surface area contributed by atoms with Crippen LogP contribution in [0.15, 0.2) is 29.1 Å². The van der Waals surface area contributed by atoms with Crippen LogP contribution in [-0.2, 0) is 20.7 Å². The molecule has 4 heterocycles. The molecular formula is C18H16N4O4S. The monoisotopic (exact) mass is 384 g/mol. The van der Waals surface area contributed by atoms with Crippen LogP contribution in [0.1, 0.15) is 36.4 Å². The highest BCUT2D eigenvalue weighted by Crippen LogP contribution is 2.45. The van der Waals surface area contributed by atoms with Gasteiger partial charge in [-0.05, 0) is 25.8 Å². The van der Waals surface area contributed by atoms with Gasteiger partial charge in [-0.2, -0.15) is 0 Å². The lowest BCUT2D eigenvalue weighted by molar-refractivity contribution is -0.141. The molecule has 8 nitrogen and oxygen atoms in total. The lowest BCUT2D eigenvalue weighted by atomic mass is 10.0. The number of nitrogens with zero attached hydrogens (tertiary/aromatic N) is 4. The average Bonchev–Trinajstić information content (AvgIpc) is 3.34. The number of fused-ring (bicyclic) bond motifs is 4. The molecule has 2 atom stereocenters. The van der Waals surface area contributed by atoms with Gasteiger partial charge < -0.3 is 9.84 Å². The largest absolute Gasteiger partial charge is 0.477 e. The Morgan fingerprint density at radius 1 is 1.52 bits per heavy atom. The average molecular weight is 384 g/mol. The van der Waals surface area contributed by atoms with Crippen molar-refractivity contribution in [2.45, 2.75) is 31.2 Å². The summed E-state index contributed by atoms with van der Waals surface area (Å²) in [4.78, 5) is 33.8. The first kappa shape index (κ1) is 16.5. The van der Waals surface area contributed by atoms with E-state index >= 15 is 0 Å². The van der Waals surface area contributed by atoms with Crippen LogP contribution in [0.25, 0.3) is 11.9 Å². The maximum atomic E-state index is 12.4. The minimum absolute atomic E-state index is 0.0311. The number of hydrogen-bond acceptors (Lipinski definition) is 6. The van der Waals surface area contributed by atoms with Gasteiger partial charge in [-0.1, -0.05) is 0 Å². The number of hydrogen-bond donors (Lipinski definition) is 1. The molecule has 1 fully saturated rings. The molecule has 138 valence electrons. The molecule has 0 aromatic carbocycles. The first-order valence-corrected chi connectivity index (χ1v) is 9.65. The van der Waals surface area contributed by atoms with E-state index in [-0.39, 0.29) is 23.1 Å². The Hall–Kier alpha value is -2.65. The quantitative estimate of drug-likeness (QED) is 0.636. The molecule has 5 rings (SSSR count). The number of carboxylic acid groups (broad SMARTS) is 1. The number of aryl methyl sites for hydroxylation is 1. The van der Waals surface area contributed by atoms with Gasteiger partial charge in [0.2, 0.25) is 5.78 Å². The summed E-state index contributed by atoms with van der Waals surface area (Å²) in [5, 5.41) is 10.4. The zero-order valence-corrected chi connectivity index (χ0v) is 15.3. The lowest BCUT2D eigenvalue weighted by Gasteiger charge is -2.36. The normalized spacial score (nSPS) is 24.9. The second-order valence-corrected chi connectivity index (χ2v) is 7.50. The molecule has 27 heavy (non-hydrogen) atoms. The third kappa shape index (κ3) is 2.35. The minimum Gasteiger partial charge on any atom is -0.477 e. The van der Waals surface area contributed by atoms with Crippen LogP contribution in [0, 0.1) is 0 Å². The van der Waals surface area contributed by atoms with Crippen molar-refractivity contribution >= 4 is 35.5 Å². The number of aromatic nitrogens is 3. The van der Waals surface area contributed by atoms with Crippen LogP contribution in [0.4, 0.5) is 0 Å². The Bertz CT molecular complexity index is 1060. The van der Waals surface area contributed by atoms with E-state index in [1.54, 1.807) is 6.08 Å². The van der Waals surface area contributed by atoms with E-state index in [0.29, 0.717) is 23.7 Å². The van der Waals surface area contributed by atoms with E-state index in [0.717, 1.165) is 24.1 Å². The highest BCUT2D eigenvalue weighted by atomic mass is 32.2. The van der Waals surface area contributed by atoms with Crippen LogP contribution in [-0.4, -0.2) is 48.2 Å². The van der Waals surface area contributed by atoms with Crippen molar-refractivity contribution in [1.29, 1.82) is 0 Å². The summed E-state index contributed by atoms with van der Waals surface area (Å²) < 4.78 is 7.74. The van der Waals surface area contributed by atoms with Crippen molar-refractivity contribution in [3.05, 3.63) is 46.0 Å². The van der Waals surface area contributed by atoms with Crippen molar-refractivity contribution < 1.29 is 19.4 Å². The standard InChI is InChI=1S/C18H16N4O4S/c1-2-26-14-4-3-12-11(14)6-19-18-20-9(7-21(12)18)5-10-15(23)22-13(17(24)25)8-27-16(10)22/h5-8,14,16H,2-4H2,1H3,(H,24,25). The third-order valence-corrected chi connectivity index (χ3v) is 6.15. The number of amides is 1. The predicted molar refractivity (Wildman–Crippen MR) is 97.6 cm³/mol. The van der Waals surface area contributed by atoms with Crippen LogP contribution in [0.5, 0.6) is 0 Å². The molecule has 3 aliphatic rings. The summed E-state index contributed by atoms with van der Waals surface area (Å²) in [6.07, 6.45) is 7.32. The summed E-state index contributed by atoms with van der Waals surface area (Å²) in [6.45, 7) is 2.64. The van der Waals surface area contributed by atoms with Crippen LogP contribution in [0.2, 0.25) is 0 Å². The summed E-state index contributed by atoms with van der Waals surface area (Å²) in [6, 6.07) is 0. The first-order chi connectivity index (χ1) is 13.1. The minimum atomic E-state index is -1.09. The molecule has 0 radical (unpaired) electrons. The molecule has 0 saturated carbocycles. The number of thioether (sulfide) groups is 1. The lowest BCUT2D eigenvalue weighted by Crippen LogP contribution is -2.51. The second kappa shape index (κ2) is 5.93. The van der Waals surface area contributed by atoms with Gasteiger partial charge in [-0.15, -0.1) is 11.8 Å². The maximum absolute atomic E-state index is 12.4. The third-order valence-electron chi connectivity index (χ3n) is 5.06. The highest BCUT2D eigenvalue weighted by Gasteiger charge is 2.49. The van der Waals surface area contributed by atoms with Crippen LogP contribution >= 0.6 is 11.8 Å². The number of aliphatic carboxylic acids is 1. The molecule has 9 heteroatoms. The number of rotatable bonds is 4. The van der Waals surface area contributed by atoms with Crippen LogP contribution in [0.3, 0.4) is 0 Å². The fourth-order valence-electron chi connectivity index (χ4n) is 3.85. The van der Waals surface area contributed by atoms with Gasteiger partial charge in [-0.3, -0.25) is 14.1 Å². The van der Waals surface area contributed by atoms with E-state index in [1.165, 1.54) is 22.1 Å². The number of ether oxygens (including phenoxy) is 1. The Kier molecular flexibility index (Phi) is 3.63. The molecule has 2 aromatic rings. The van der Waals surface area contributed by atoms with Crippen molar-refractivity contribution in [3.8, 4) is 0 Å². The van der Waals surface area contributed by atoms with Crippen molar-refractivity contribution in [2.24, 2.45) is 0 Å². The van der Waals surface area contributed by atoms with Gasteiger partial charge in [0.25, 0.3) is 5.91 Å². The van der Waals surface area contributed by atoms with E-state index in [9.17, 15) is 9.59 Å². The van der Waals surface area contributed by atoms with E-state index in [4.69, 9.17) is 9.84 Å². The van der Waals surface area contributed by atoms with Gasteiger partial charge in [-0.25, -0.2) is 14.8 Å². The second-order valence-electron chi connectivity index (χ2n) is 6.55. The molecule has 1 saturated heterocycles. The molecule has 2 aliphatic heterocycles. The Balaban J connectivity index is 1.47. The van der Waals surface area contributed by atoms with E-state index < -0.39 is 5.97 Å². The zero-order valence-electron chi connectivity index (χ0n) is 14.5. The fourth-order valence-corrected chi connectivity index (χ4v) is 4.96. The fraction of sp³-hybridized carbons (Fsp3) is 0.333. The van der Waals surface area contributed by atoms with Gasteiger partial charge in [0.1, 0.15) is 11.1 Å². The first-order valence-electron chi connectivity index (χ1n) is 8.71. The van der Waals surface area contributed by atoms with Gasteiger partial charge in [0, 0.05) is 35.7 Å². The summed E-state index contributed by atoms with van der Waals surface area (Å²) in [7, 11) is 0.